The fourth-order valence-electron chi connectivity index (χ4n) is 2.96. The van der Waals surface area contributed by atoms with Crippen molar-refractivity contribution >= 4 is 11.3 Å². The van der Waals surface area contributed by atoms with Crippen molar-refractivity contribution < 1.29 is 4.74 Å². The zero-order chi connectivity index (χ0) is 14.8. The molecular weight excluding hydrogens is 280 g/mol. The van der Waals surface area contributed by atoms with Gasteiger partial charge in [0.05, 0.1) is 17.9 Å². The predicted octanol–water partition coefficient (Wildman–Crippen LogP) is 3.73. The summed E-state index contributed by atoms with van der Waals surface area (Å²) in [6, 6.07) is 8.44. The predicted molar refractivity (Wildman–Crippen MR) is 87.6 cm³/mol. The molecule has 1 saturated heterocycles. The van der Waals surface area contributed by atoms with Crippen LogP contribution < -0.4 is 0 Å². The summed E-state index contributed by atoms with van der Waals surface area (Å²) in [7, 11) is 0. The van der Waals surface area contributed by atoms with Crippen LogP contribution in [0.15, 0.2) is 29.6 Å². The minimum atomic E-state index is 0.309. The van der Waals surface area contributed by atoms with Gasteiger partial charge in [-0.25, -0.2) is 4.98 Å². The number of benzene rings is 1. The number of thiazole rings is 1. The molecule has 3 rings (SSSR count). The van der Waals surface area contributed by atoms with Gasteiger partial charge in [-0.2, -0.15) is 0 Å². The van der Waals surface area contributed by atoms with Crippen LogP contribution in [0.3, 0.4) is 0 Å². The first-order chi connectivity index (χ1) is 10.1. The molecule has 0 radical (unpaired) electrons. The highest BCUT2D eigenvalue weighted by atomic mass is 32.1. The fraction of sp³-hybridized carbons (Fsp3) is 0.471. The third-order valence-corrected chi connectivity index (χ3v) is 4.73. The Hall–Kier alpha value is -1.23. The van der Waals surface area contributed by atoms with E-state index in [9.17, 15) is 0 Å². The maximum absolute atomic E-state index is 5.78. The first-order valence-corrected chi connectivity index (χ1v) is 8.38. The number of hydrogen-bond acceptors (Lipinski definition) is 4. The molecule has 0 amide bonds. The van der Waals surface area contributed by atoms with Crippen molar-refractivity contribution in [3.05, 3.63) is 40.9 Å². The molecule has 2 aromatic rings. The van der Waals surface area contributed by atoms with Gasteiger partial charge >= 0.3 is 0 Å². The molecule has 2 heterocycles. The number of hydrogen-bond donors (Lipinski definition) is 0. The Morgan fingerprint density at radius 3 is 2.67 bits per heavy atom. The fourth-order valence-corrected chi connectivity index (χ4v) is 3.86. The van der Waals surface area contributed by atoms with Crippen LogP contribution in [-0.2, 0) is 11.3 Å². The van der Waals surface area contributed by atoms with Crippen molar-refractivity contribution in [3.8, 4) is 10.6 Å². The van der Waals surface area contributed by atoms with Crippen LogP contribution in [-0.4, -0.2) is 35.2 Å². The first kappa shape index (κ1) is 14.7. The summed E-state index contributed by atoms with van der Waals surface area (Å²) >= 11 is 1.74. The number of nitrogens with zero attached hydrogens (tertiary/aromatic N) is 2. The smallest absolute Gasteiger partial charge is 0.123 e. The number of ether oxygens (including phenoxy) is 1. The molecular formula is C17H22N2OS. The summed E-state index contributed by atoms with van der Waals surface area (Å²) in [5.74, 6) is 0. The molecule has 0 aliphatic carbocycles. The van der Waals surface area contributed by atoms with E-state index in [4.69, 9.17) is 9.72 Å². The van der Waals surface area contributed by atoms with Crippen LogP contribution in [0.4, 0.5) is 0 Å². The second-order valence-corrected chi connectivity index (χ2v) is 6.77. The average Bonchev–Trinajstić information content (AvgIpc) is 2.86. The maximum Gasteiger partial charge on any atom is 0.123 e. The number of aryl methyl sites for hydroxylation is 1. The molecule has 1 aromatic heterocycles. The van der Waals surface area contributed by atoms with Crippen molar-refractivity contribution in [1.82, 2.24) is 9.88 Å². The molecule has 1 aromatic carbocycles. The standard InChI is InChI=1S/C17H22N2OS/c1-12-6-4-5-7-16(12)17-18-15(11-21-17)10-19-8-13(2)20-14(3)9-19/h4-7,11,13-14H,8-10H2,1-3H3/t13-,14-/m1/s1. The highest BCUT2D eigenvalue weighted by molar-refractivity contribution is 7.13. The maximum atomic E-state index is 5.78. The third-order valence-electron chi connectivity index (χ3n) is 3.81. The molecule has 2 atom stereocenters. The molecule has 3 nitrogen and oxygen atoms in total. The van der Waals surface area contributed by atoms with Crippen LogP contribution in [0.5, 0.6) is 0 Å². The Morgan fingerprint density at radius 1 is 1.24 bits per heavy atom. The summed E-state index contributed by atoms with van der Waals surface area (Å²) in [5.41, 5.74) is 3.70. The second-order valence-electron chi connectivity index (χ2n) is 5.91. The van der Waals surface area contributed by atoms with E-state index in [-0.39, 0.29) is 0 Å². The molecule has 0 saturated carbocycles. The average molecular weight is 302 g/mol. The quantitative estimate of drug-likeness (QED) is 0.864. The van der Waals surface area contributed by atoms with E-state index in [0.717, 1.165) is 24.6 Å². The zero-order valence-corrected chi connectivity index (χ0v) is 13.7. The lowest BCUT2D eigenvalue weighted by atomic mass is 10.1. The third kappa shape index (κ3) is 3.51. The van der Waals surface area contributed by atoms with E-state index in [1.165, 1.54) is 16.8 Å². The molecule has 4 heteroatoms. The van der Waals surface area contributed by atoms with Crippen molar-refractivity contribution in [2.75, 3.05) is 13.1 Å². The van der Waals surface area contributed by atoms with E-state index in [1.54, 1.807) is 11.3 Å². The van der Waals surface area contributed by atoms with E-state index >= 15 is 0 Å². The van der Waals surface area contributed by atoms with Crippen molar-refractivity contribution in [2.45, 2.75) is 39.5 Å². The van der Waals surface area contributed by atoms with E-state index in [2.05, 4.69) is 55.3 Å². The number of rotatable bonds is 3. The van der Waals surface area contributed by atoms with E-state index in [1.807, 2.05) is 0 Å². The van der Waals surface area contributed by atoms with Gasteiger partial charge < -0.3 is 4.74 Å². The summed E-state index contributed by atoms with van der Waals surface area (Å²) < 4.78 is 5.78. The zero-order valence-electron chi connectivity index (χ0n) is 12.9. The molecule has 0 bridgehead atoms. The van der Waals surface area contributed by atoms with Gasteiger partial charge in [-0.05, 0) is 26.3 Å². The van der Waals surface area contributed by atoms with Crippen LogP contribution in [0.1, 0.15) is 25.1 Å². The van der Waals surface area contributed by atoms with Crippen LogP contribution in [0.2, 0.25) is 0 Å². The molecule has 0 spiro atoms. The second kappa shape index (κ2) is 6.26. The van der Waals surface area contributed by atoms with Gasteiger partial charge in [0, 0.05) is 30.6 Å². The Bertz CT molecular complexity index is 600. The van der Waals surface area contributed by atoms with E-state index < -0.39 is 0 Å². The molecule has 112 valence electrons. The van der Waals surface area contributed by atoms with E-state index in [0.29, 0.717) is 12.2 Å². The van der Waals surface area contributed by atoms with Gasteiger partial charge in [0.25, 0.3) is 0 Å². The van der Waals surface area contributed by atoms with Crippen LogP contribution in [0, 0.1) is 6.92 Å². The minimum absolute atomic E-state index is 0.309. The Kier molecular flexibility index (Phi) is 4.38. The largest absolute Gasteiger partial charge is 0.373 e. The highest BCUT2D eigenvalue weighted by Gasteiger charge is 2.22. The first-order valence-electron chi connectivity index (χ1n) is 7.50. The molecule has 1 aliphatic heterocycles. The summed E-state index contributed by atoms with van der Waals surface area (Å²) in [5, 5.41) is 3.31. The Morgan fingerprint density at radius 2 is 1.95 bits per heavy atom. The van der Waals surface area contributed by atoms with Gasteiger partial charge in [0.2, 0.25) is 0 Å². The monoisotopic (exact) mass is 302 g/mol. The van der Waals surface area contributed by atoms with Gasteiger partial charge in [0.15, 0.2) is 0 Å². The molecule has 21 heavy (non-hydrogen) atoms. The highest BCUT2D eigenvalue weighted by Crippen LogP contribution is 2.27. The van der Waals surface area contributed by atoms with Gasteiger partial charge in [-0.3, -0.25) is 4.90 Å². The lowest BCUT2D eigenvalue weighted by Crippen LogP contribution is -2.44. The number of aromatic nitrogens is 1. The van der Waals surface area contributed by atoms with Gasteiger partial charge in [-0.1, -0.05) is 24.3 Å². The summed E-state index contributed by atoms with van der Waals surface area (Å²) in [6.07, 6.45) is 0.617. The van der Waals surface area contributed by atoms with Crippen molar-refractivity contribution in [2.24, 2.45) is 0 Å². The Balaban J connectivity index is 1.72. The Labute approximate surface area is 130 Å². The molecule has 0 unspecified atom stereocenters. The molecule has 1 aliphatic rings. The SMILES string of the molecule is Cc1ccccc1-c1nc(CN2C[C@@H](C)O[C@H](C)C2)cs1. The lowest BCUT2D eigenvalue weighted by molar-refractivity contribution is -0.0707. The van der Waals surface area contributed by atoms with Crippen LogP contribution in [0.25, 0.3) is 10.6 Å². The van der Waals surface area contributed by atoms with Gasteiger partial charge in [0.1, 0.15) is 5.01 Å². The number of morpholine rings is 1. The summed E-state index contributed by atoms with van der Waals surface area (Å²) in [4.78, 5) is 7.26. The summed E-state index contributed by atoms with van der Waals surface area (Å²) in [6.45, 7) is 9.32. The van der Waals surface area contributed by atoms with Crippen LogP contribution >= 0.6 is 11.3 Å². The topological polar surface area (TPSA) is 25.4 Å². The van der Waals surface area contributed by atoms with Crippen molar-refractivity contribution in [3.63, 3.8) is 0 Å². The van der Waals surface area contributed by atoms with Gasteiger partial charge in [-0.15, -0.1) is 11.3 Å². The minimum Gasteiger partial charge on any atom is -0.373 e. The lowest BCUT2D eigenvalue weighted by Gasteiger charge is -2.34. The normalized spacial score (nSPS) is 23.4. The van der Waals surface area contributed by atoms with Crippen molar-refractivity contribution in [1.29, 1.82) is 0 Å². The molecule has 0 N–H and O–H groups in total. The molecule has 1 fully saturated rings.